The molecule has 0 aromatic heterocycles. The molecular formula is C18H28N2O5S. The number of nitrogens with one attached hydrogen (secondary N) is 1. The fourth-order valence-electron chi connectivity index (χ4n) is 3.04. The van der Waals surface area contributed by atoms with Gasteiger partial charge in [0, 0.05) is 31.3 Å². The normalized spacial score (nSPS) is 16.1. The van der Waals surface area contributed by atoms with Crippen LogP contribution in [0.25, 0.3) is 0 Å². The number of amides is 1. The third kappa shape index (κ3) is 4.96. The van der Waals surface area contributed by atoms with E-state index in [1.807, 2.05) is 6.92 Å². The zero-order chi connectivity index (χ0) is 19.3. The van der Waals surface area contributed by atoms with Crippen molar-refractivity contribution in [1.29, 1.82) is 0 Å². The largest absolute Gasteiger partial charge is 0.495 e. The Hall–Kier alpha value is -1.64. The van der Waals surface area contributed by atoms with Crippen LogP contribution in [-0.4, -0.2) is 58.2 Å². The number of likely N-dealkylation sites (tertiary alicyclic amines) is 1. The van der Waals surface area contributed by atoms with Gasteiger partial charge in [-0.05, 0) is 51.8 Å². The number of hydrogen-bond acceptors (Lipinski definition) is 5. The van der Waals surface area contributed by atoms with Gasteiger partial charge >= 0.3 is 0 Å². The standard InChI is InChI=1S/C18H28N2O5S/c1-5-25-15-8-10-20(11-9-15)18(21)14-6-7-16(24-4)17(12-14)26(22,23)19-13(2)3/h6-7,12-13,15,19H,5,8-11H2,1-4H3. The molecule has 1 aliphatic heterocycles. The average molecular weight is 384 g/mol. The highest BCUT2D eigenvalue weighted by atomic mass is 32.2. The van der Waals surface area contributed by atoms with E-state index in [0.29, 0.717) is 25.3 Å². The Morgan fingerprint density at radius 2 is 1.96 bits per heavy atom. The number of rotatable bonds is 7. The lowest BCUT2D eigenvalue weighted by molar-refractivity contribution is 0.0146. The van der Waals surface area contributed by atoms with E-state index in [-0.39, 0.29) is 28.7 Å². The zero-order valence-corrected chi connectivity index (χ0v) is 16.6. The van der Waals surface area contributed by atoms with Crippen molar-refractivity contribution >= 4 is 15.9 Å². The second-order valence-corrected chi connectivity index (χ2v) is 8.27. The highest BCUT2D eigenvalue weighted by Gasteiger charge is 2.27. The van der Waals surface area contributed by atoms with Crippen LogP contribution >= 0.6 is 0 Å². The lowest BCUT2D eigenvalue weighted by atomic mass is 10.1. The fraction of sp³-hybridized carbons (Fsp3) is 0.611. The zero-order valence-electron chi connectivity index (χ0n) is 15.8. The summed E-state index contributed by atoms with van der Waals surface area (Å²) in [5.41, 5.74) is 0.338. The highest BCUT2D eigenvalue weighted by molar-refractivity contribution is 7.89. The maximum atomic E-state index is 12.8. The molecule has 2 rings (SSSR count). The van der Waals surface area contributed by atoms with Crippen molar-refractivity contribution in [3.8, 4) is 5.75 Å². The second-order valence-electron chi connectivity index (χ2n) is 6.59. The quantitative estimate of drug-likeness (QED) is 0.777. The smallest absolute Gasteiger partial charge is 0.253 e. The molecule has 1 fully saturated rings. The van der Waals surface area contributed by atoms with Crippen molar-refractivity contribution in [1.82, 2.24) is 9.62 Å². The van der Waals surface area contributed by atoms with E-state index < -0.39 is 10.0 Å². The molecule has 1 saturated heterocycles. The summed E-state index contributed by atoms with van der Waals surface area (Å²) in [5, 5.41) is 0. The summed E-state index contributed by atoms with van der Waals surface area (Å²) in [5.74, 6) is 0.0355. The summed E-state index contributed by atoms with van der Waals surface area (Å²) in [6.45, 7) is 7.30. The van der Waals surface area contributed by atoms with E-state index in [2.05, 4.69) is 4.72 Å². The Morgan fingerprint density at radius 3 is 2.50 bits per heavy atom. The fourth-order valence-corrected chi connectivity index (χ4v) is 4.48. The number of benzene rings is 1. The molecule has 8 heteroatoms. The molecule has 0 unspecified atom stereocenters. The van der Waals surface area contributed by atoms with Crippen LogP contribution in [0.4, 0.5) is 0 Å². The summed E-state index contributed by atoms with van der Waals surface area (Å²) in [7, 11) is -2.36. The van der Waals surface area contributed by atoms with E-state index in [1.165, 1.54) is 19.2 Å². The van der Waals surface area contributed by atoms with Crippen LogP contribution in [0.15, 0.2) is 23.1 Å². The molecule has 1 aromatic rings. The first-order valence-corrected chi connectivity index (χ1v) is 10.4. The van der Waals surface area contributed by atoms with Crippen LogP contribution in [0.3, 0.4) is 0 Å². The van der Waals surface area contributed by atoms with Crippen molar-refractivity contribution in [3.05, 3.63) is 23.8 Å². The molecule has 146 valence electrons. The first kappa shape index (κ1) is 20.7. The maximum Gasteiger partial charge on any atom is 0.253 e. The van der Waals surface area contributed by atoms with Crippen LogP contribution in [0.2, 0.25) is 0 Å². The number of nitrogens with zero attached hydrogens (tertiary/aromatic N) is 1. The van der Waals surface area contributed by atoms with Crippen molar-refractivity contribution < 1.29 is 22.7 Å². The van der Waals surface area contributed by atoms with Crippen molar-refractivity contribution in [2.75, 3.05) is 26.8 Å². The number of sulfonamides is 1. The molecule has 1 aromatic carbocycles. The molecule has 1 aliphatic rings. The molecule has 0 saturated carbocycles. The molecule has 0 spiro atoms. The SMILES string of the molecule is CCOC1CCN(C(=O)c2ccc(OC)c(S(=O)(=O)NC(C)C)c2)CC1. The molecule has 7 nitrogen and oxygen atoms in total. The lowest BCUT2D eigenvalue weighted by Gasteiger charge is -2.32. The highest BCUT2D eigenvalue weighted by Crippen LogP contribution is 2.26. The molecule has 26 heavy (non-hydrogen) atoms. The third-order valence-electron chi connectivity index (χ3n) is 4.22. The van der Waals surface area contributed by atoms with Gasteiger partial charge in [-0.3, -0.25) is 4.79 Å². The van der Waals surface area contributed by atoms with Gasteiger partial charge in [0.15, 0.2) is 0 Å². The molecular weight excluding hydrogens is 356 g/mol. The van der Waals surface area contributed by atoms with Gasteiger partial charge in [0.1, 0.15) is 10.6 Å². The van der Waals surface area contributed by atoms with Gasteiger partial charge in [-0.15, -0.1) is 0 Å². The molecule has 1 N–H and O–H groups in total. The Morgan fingerprint density at radius 1 is 1.31 bits per heavy atom. The minimum atomic E-state index is -3.77. The average Bonchev–Trinajstić information content (AvgIpc) is 2.60. The van der Waals surface area contributed by atoms with E-state index in [0.717, 1.165) is 12.8 Å². The predicted octanol–water partition coefficient (Wildman–Crippen LogP) is 2.02. The Kier molecular flexibility index (Phi) is 7.02. The van der Waals surface area contributed by atoms with Gasteiger partial charge in [0.2, 0.25) is 10.0 Å². The van der Waals surface area contributed by atoms with Crippen LogP contribution in [-0.2, 0) is 14.8 Å². The number of methoxy groups -OCH3 is 1. The molecule has 0 atom stereocenters. The molecule has 0 radical (unpaired) electrons. The molecule has 0 aliphatic carbocycles. The summed E-state index contributed by atoms with van der Waals surface area (Å²) in [4.78, 5) is 14.5. The van der Waals surface area contributed by atoms with Crippen LogP contribution in [0.5, 0.6) is 5.75 Å². The summed E-state index contributed by atoms with van der Waals surface area (Å²) in [6, 6.07) is 4.25. The minimum absolute atomic E-state index is 0.0243. The third-order valence-corrected chi connectivity index (χ3v) is 5.90. The summed E-state index contributed by atoms with van der Waals surface area (Å²) >= 11 is 0. The van der Waals surface area contributed by atoms with E-state index in [1.54, 1.807) is 24.8 Å². The summed E-state index contributed by atoms with van der Waals surface area (Å²) in [6.07, 6.45) is 1.76. The van der Waals surface area contributed by atoms with Crippen LogP contribution in [0, 0.1) is 0 Å². The van der Waals surface area contributed by atoms with E-state index in [9.17, 15) is 13.2 Å². The first-order chi connectivity index (χ1) is 12.3. The molecule has 1 amide bonds. The number of carbonyl (C=O) groups excluding carboxylic acids is 1. The van der Waals surface area contributed by atoms with Crippen molar-refractivity contribution in [2.45, 2.75) is 50.7 Å². The van der Waals surface area contributed by atoms with Crippen molar-refractivity contribution in [3.63, 3.8) is 0 Å². The number of piperidine rings is 1. The Bertz CT molecular complexity index is 725. The predicted molar refractivity (Wildman–Crippen MR) is 99.0 cm³/mol. The van der Waals surface area contributed by atoms with Gasteiger partial charge in [0.25, 0.3) is 5.91 Å². The van der Waals surface area contributed by atoms with E-state index >= 15 is 0 Å². The van der Waals surface area contributed by atoms with Gasteiger partial charge in [-0.1, -0.05) is 0 Å². The first-order valence-electron chi connectivity index (χ1n) is 8.89. The van der Waals surface area contributed by atoms with Crippen molar-refractivity contribution in [2.24, 2.45) is 0 Å². The number of ether oxygens (including phenoxy) is 2. The van der Waals surface area contributed by atoms with E-state index in [4.69, 9.17) is 9.47 Å². The van der Waals surface area contributed by atoms with Crippen LogP contribution < -0.4 is 9.46 Å². The topological polar surface area (TPSA) is 84.9 Å². The number of hydrogen-bond donors (Lipinski definition) is 1. The van der Waals surface area contributed by atoms with Gasteiger partial charge in [-0.25, -0.2) is 13.1 Å². The minimum Gasteiger partial charge on any atom is -0.495 e. The summed E-state index contributed by atoms with van der Waals surface area (Å²) < 4.78 is 38.4. The van der Waals surface area contributed by atoms with Gasteiger partial charge in [-0.2, -0.15) is 0 Å². The number of carbonyl (C=O) groups is 1. The lowest BCUT2D eigenvalue weighted by Crippen LogP contribution is -2.41. The van der Waals surface area contributed by atoms with Gasteiger partial charge in [0.05, 0.1) is 13.2 Å². The monoisotopic (exact) mass is 384 g/mol. The maximum absolute atomic E-state index is 12.8. The van der Waals surface area contributed by atoms with Crippen LogP contribution in [0.1, 0.15) is 44.0 Å². The Labute approximate surface area is 155 Å². The molecule has 0 bridgehead atoms. The Balaban J connectivity index is 2.23. The van der Waals surface area contributed by atoms with Gasteiger partial charge < -0.3 is 14.4 Å². The molecule has 1 heterocycles. The second kappa shape index (κ2) is 8.83.